The number of aromatic nitrogens is 6. The molecule has 17 nitrogen and oxygen atoms in total. The number of anilines is 6. The van der Waals surface area contributed by atoms with Gasteiger partial charge in [-0.2, -0.15) is 0 Å². The Morgan fingerprint density at radius 3 is 2.05 bits per heavy atom. The highest BCUT2D eigenvalue weighted by Gasteiger charge is 2.28. The van der Waals surface area contributed by atoms with Gasteiger partial charge < -0.3 is 45.6 Å². The first-order chi connectivity index (χ1) is 31.5. The Morgan fingerprint density at radius 2 is 1.33 bits per heavy atom. The largest absolute Gasteiger partial charge is 0.497 e. The van der Waals surface area contributed by atoms with E-state index in [1.54, 1.807) is 50.2 Å². The molecule has 8 heterocycles. The molecule has 3 fully saturated rings. The maximum Gasteiger partial charge on any atom is 0.274 e. The van der Waals surface area contributed by atoms with E-state index in [-0.39, 0.29) is 23.2 Å². The van der Waals surface area contributed by atoms with Gasteiger partial charge in [0.2, 0.25) is 11.9 Å². The number of carbonyl (C=O) groups is 2. The van der Waals surface area contributed by atoms with Gasteiger partial charge in [0.1, 0.15) is 17.1 Å². The van der Waals surface area contributed by atoms with Crippen LogP contribution in [0.4, 0.5) is 34.6 Å². The zero-order chi connectivity index (χ0) is 43.4. The third-order valence-corrected chi connectivity index (χ3v) is 12.4. The van der Waals surface area contributed by atoms with Crippen molar-refractivity contribution in [3.63, 3.8) is 0 Å². The molecule has 0 saturated carbocycles. The molecule has 326 valence electrons. The van der Waals surface area contributed by atoms with Crippen molar-refractivity contribution in [3.8, 4) is 17.0 Å². The van der Waals surface area contributed by atoms with Crippen LogP contribution in [0.3, 0.4) is 0 Å². The average Bonchev–Trinajstić information content (AvgIpc) is 4.04. The van der Waals surface area contributed by atoms with Crippen molar-refractivity contribution in [2.45, 2.75) is 25.4 Å². The summed E-state index contributed by atoms with van der Waals surface area (Å²) in [6.07, 6.45) is 9.40. The molecule has 1 unspecified atom stereocenters. The van der Waals surface area contributed by atoms with Gasteiger partial charge in [0, 0.05) is 109 Å². The Balaban J connectivity index is 0.833. The molecule has 3 saturated heterocycles. The summed E-state index contributed by atoms with van der Waals surface area (Å²) in [5.74, 6) is 1.53. The number of methoxy groups -OCH3 is 1. The third-order valence-electron chi connectivity index (χ3n) is 12.4. The maximum atomic E-state index is 13.9. The highest BCUT2D eigenvalue weighted by atomic mass is 16.5. The van der Waals surface area contributed by atoms with Crippen molar-refractivity contribution in [2.24, 2.45) is 0 Å². The van der Waals surface area contributed by atoms with Crippen LogP contribution in [-0.4, -0.2) is 114 Å². The zero-order valence-corrected chi connectivity index (χ0v) is 35.7. The lowest BCUT2D eigenvalue weighted by atomic mass is 9.98. The van der Waals surface area contributed by atoms with Crippen LogP contribution in [0, 0.1) is 0 Å². The Labute approximate surface area is 371 Å². The standard InChI is InChI=1S/C47H50N14O3/c1-64-36-4-2-3-31(24-36)34-10-18-60(28-34)46-51-12-7-37(56-46)45(63)55-41-27-53-39(25-43(41)59-21-16-49-17-22-59)32-5-6-33-29-61(30-35(33)23-32)47-52-13-8-38(57-47)44(62)54-40-26-50-11-9-42(40)58-19-14-48-15-20-58/h2-9,11-13,23-27,34,48-49H,10,14-22,28-30H2,1H3,(H,54,62)(H,55,63). The number of carbonyl (C=O) groups excluding carboxylic acids is 2. The minimum Gasteiger partial charge on any atom is -0.497 e. The van der Waals surface area contributed by atoms with Crippen molar-refractivity contribution in [2.75, 3.05) is 103 Å². The van der Waals surface area contributed by atoms with Crippen LogP contribution < -0.4 is 45.6 Å². The molecular weight excluding hydrogens is 809 g/mol. The second-order valence-electron chi connectivity index (χ2n) is 16.4. The molecular formula is C47H50N14O3. The van der Waals surface area contributed by atoms with Gasteiger partial charge in [-0.1, -0.05) is 24.3 Å². The molecule has 64 heavy (non-hydrogen) atoms. The number of hydrogen-bond acceptors (Lipinski definition) is 15. The number of nitrogens with zero attached hydrogens (tertiary/aromatic N) is 10. The monoisotopic (exact) mass is 858 g/mol. The number of rotatable bonds is 11. The van der Waals surface area contributed by atoms with Crippen LogP contribution in [0.5, 0.6) is 5.75 Å². The van der Waals surface area contributed by atoms with Crippen molar-refractivity contribution in [1.29, 1.82) is 0 Å². The van der Waals surface area contributed by atoms with Crippen molar-refractivity contribution in [3.05, 3.63) is 126 Å². The van der Waals surface area contributed by atoms with E-state index in [4.69, 9.17) is 19.7 Å². The second kappa shape index (κ2) is 18.2. The van der Waals surface area contributed by atoms with Crippen molar-refractivity contribution in [1.82, 2.24) is 40.5 Å². The number of pyridine rings is 2. The summed E-state index contributed by atoms with van der Waals surface area (Å²) < 4.78 is 5.45. The van der Waals surface area contributed by atoms with Crippen molar-refractivity contribution < 1.29 is 14.3 Å². The van der Waals surface area contributed by atoms with Gasteiger partial charge in [0.15, 0.2) is 0 Å². The number of ether oxygens (including phenoxy) is 1. The first-order valence-electron chi connectivity index (χ1n) is 21.9. The van der Waals surface area contributed by atoms with Gasteiger partial charge in [-0.05, 0) is 65.6 Å². The predicted octanol–water partition coefficient (Wildman–Crippen LogP) is 4.57. The number of nitrogens with one attached hydrogen (secondary N) is 4. The molecule has 1 atom stereocenters. The summed E-state index contributed by atoms with van der Waals surface area (Å²) >= 11 is 0. The van der Waals surface area contributed by atoms with E-state index in [9.17, 15) is 9.59 Å². The van der Waals surface area contributed by atoms with Crippen LogP contribution in [0.15, 0.2) is 97.7 Å². The van der Waals surface area contributed by atoms with E-state index in [0.29, 0.717) is 42.3 Å². The van der Waals surface area contributed by atoms with Crippen LogP contribution in [-0.2, 0) is 13.1 Å². The van der Waals surface area contributed by atoms with E-state index >= 15 is 0 Å². The van der Waals surface area contributed by atoms with Crippen LogP contribution >= 0.6 is 0 Å². The molecule has 0 spiro atoms. The summed E-state index contributed by atoms with van der Waals surface area (Å²) in [5.41, 5.74) is 8.91. The minimum absolute atomic E-state index is 0.277. The molecule has 17 heteroatoms. The van der Waals surface area contributed by atoms with E-state index in [1.807, 2.05) is 18.2 Å². The van der Waals surface area contributed by atoms with Gasteiger partial charge in [-0.15, -0.1) is 0 Å². The van der Waals surface area contributed by atoms with E-state index in [0.717, 1.165) is 111 Å². The topological polar surface area (TPSA) is 182 Å². The molecule has 4 aliphatic rings. The summed E-state index contributed by atoms with van der Waals surface area (Å²) in [7, 11) is 1.68. The summed E-state index contributed by atoms with van der Waals surface area (Å²) in [5, 5.41) is 13.0. The SMILES string of the molecule is COc1cccc(C2CCN(c3nccc(C(=O)Nc4cnc(-c5ccc6c(c5)CN(c5nccc(C(=O)Nc7cnccc7N7CCNCC7)n5)C6)cc4N4CCNCC4)n3)C2)c1. The summed E-state index contributed by atoms with van der Waals surface area (Å²) in [6.45, 7) is 9.38. The number of amides is 2. The Morgan fingerprint density at radius 1 is 0.656 bits per heavy atom. The van der Waals surface area contributed by atoms with E-state index in [2.05, 4.69) is 92.2 Å². The van der Waals surface area contributed by atoms with E-state index < -0.39 is 0 Å². The van der Waals surface area contributed by atoms with E-state index in [1.165, 1.54) is 5.56 Å². The van der Waals surface area contributed by atoms with Crippen LogP contribution in [0.1, 0.15) is 50.0 Å². The fourth-order valence-electron chi connectivity index (χ4n) is 8.96. The number of piperazine rings is 2. The quantitative estimate of drug-likeness (QED) is 0.142. The van der Waals surface area contributed by atoms with Crippen molar-refractivity contribution >= 4 is 46.5 Å². The number of benzene rings is 2. The molecule has 2 amide bonds. The Kier molecular flexibility index (Phi) is 11.6. The van der Waals surface area contributed by atoms with Gasteiger partial charge in [-0.25, -0.2) is 19.9 Å². The normalized spacial score (nSPS) is 17.3. The predicted molar refractivity (Wildman–Crippen MR) is 246 cm³/mol. The summed E-state index contributed by atoms with van der Waals surface area (Å²) in [4.78, 5) is 63.8. The molecule has 2 aromatic carbocycles. The molecule has 10 rings (SSSR count). The minimum atomic E-state index is -0.323. The number of hydrogen-bond donors (Lipinski definition) is 4. The van der Waals surface area contributed by atoms with Gasteiger partial charge in [-0.3, -0.25) is 19.6 Å². The first kappa shape index (κ1) is 40.8. The smallest absolute Gasteiger partial charge is 0.274 e. The molecule has 6 aromatic rings. The zero-order valence-electron chi connectivity index (χ0n) is 35.7. The molecule has 0 radical (unpaired) electrons. The Bertz CT molecular complexity index is 2670. The van der Waals surface area contributed by atoms with Gasteiger partial charge in [0.25, 0.3) is 11.8 Å². The lowest BCUT2D eigenvalue weighted by Gasteiger charge is -2.31. The highest BCUT2D eigenvalue weighted by Crippen LogP contribution is 2.35. The number of fused-ring (bicyclic) bond motifs is 1. The highest BCUT2D eigenvalue weighted by molar-refractivity contribution is 6.05. The first-order valence-corrected chi connectivity index (χ1v) is 21.9. The average molecular weight is 859 g/mol. The molecule has 0 bridgehead atoms. The lowest BCUT2D eigenvalue weighted by Crippen LogP contribution is -2.43. The fourth-order valence-corrected chi connectivity index (χ4v) is 8.96. The lowest BCUT2D eigenvalue weighted by molar-refractivity contribution is 0.101. The van der Waals surface area contributed by atoms with Crippen LogP contribution in [0.2, 0.25) is 0 Å². The molecule has 4 N–H and O–H groups in total. The van der Waals surface area contributed by atoms with Crippen LogP contribution in [0.25, 0.3) is 11.3 Å². The summed E-state index contributed by atoms with van der Waals surface area (Å²) in [6, 6.07) is 21.8. The van der Waals surface area contributed by atoms with Gasteiger partial charge in [0.05, 0.1) is 47.9 Å². The maximum absolute atomic E-state index is 13.9. The van der Waals surface area contributed by atoms with Gasteiger partial charge >= 0.3 is 0 Å². The third kappa shape index (κ3) is 8.71. The molecule has 4 aromatic heterocycles. The second-order valence-corrected chi connectivity index (χ2v) is 16.4. The molecule has 4 aliphatic heterocycles. The fraction of sp³-hybridized carbons (Fsp3) is 0.319. The Hall–Kier alpha value is -7.24. The molecule has 0 aliphatic carbocycles.